The third kappa shape index (κ3) is 2.13. The maximum Gasteiger partial charge on any atom is 0.188 e. The van der Waals surface area contributed by atoms with Gasteiger partial charge in [-0.2, -0.15) is 0 Å². The summed E-state index contributed by atoms with van der Waals surface area (Å²) in [6.45, 7) is 2.96. The normalized spacial score (nSPS) is 20.4. The van der Waals surface area contributed by atoms with Gasteiger partial charge in [-0.25, -0.2) is 0 Å². The van der Waals surface area contributed by atoms with Gasteiger partial charge in [0.1, 0.15) is 6.10 Å². The van der Waals surface area contributed by atoms with Gasteiger partial charge in [0.2, 0.25) is 0 Å². The highest BCUT2D eigenvalue weighted by Gasteiger charge is 2.17. The summed E-state index contributed by atoms with van der Waals surface area (Å²) in [5.74, 6) is 0.892. The lowest BCUT2D eigenvalue weighted by Gasteiger charge is -2.07. The molecule has 74 valence electrons. The van der Waals surface area contributed by atoms with Crippen LogP contribution in [0, 0.1) is 0 Å². The van der Waals surface area contributed by atoms with Crippen LogP contribution in [0.25, 0.3) is 0 Å². The number of nitrogens with zero attached hydrogens (tertiary/aromatic N) is 1. The van der Waals surface area contributed by atoms with Crippen molar-refractivity contribution in [3.63, 3.8) is 0 Å². The van der Waals surface area contributed by atoms with Crippen molar-refractivity contribution >= 4 is 5.90 Å². The average Bonchev–Trinajstić information content (AvgIpc) is 2.67. The summed E-state index contributed by atoms with van der Waals surface area (Å²) in [4.78, 5) is 4.38. The van der Waals surface area contributed by atoms with Crippen LogP contribution in [0.3, 0.4) is 0 Å². The molecule has 1 aliphatic rings. The Morgan fingerprint density at radius 1 is 1.36 bits per heavy atom. The SMILES string of the molecule is CCC1CN=C(Cc2ccccc2)O1. The Morgan fingerprint density at radius 3 is 2.79 bits per heavy atom. The van der Waals surface area contributed by atoms with Crippen molar-refractivity contribution < 1.29 is 4.74 Å². The Kier molecular flexibility index (Phi) is 2.82. The first-order chi connectivity index (χ1) is 6.88. The number of hydrogen-bond acceptors (Lipinski definition) is 2. The number of hydrogen-bond donors (Lipinski definition) is 0. The van der Waals surface area contributed by atoms with Crippen LogP contribution in [0.1, 0.15) is 18.9 Å². The first kappa shape index (κ1) is 9.25. The number of benzene rings is 1. The average molecular weight is 189 g/mol. The summed E-state index contributed by atoms with van der Waals surface area (Å²) in [5, 5.41) is 0. The highest BCUT2D eigenvalue weighted by atomic mass is 16.5. The Bertz CT molecular complexity index is 318. The minimum Gasteiger partial charge on any atom is -0.475 e. The van der Waals surface area contributed by atoms with E-state index in [1.807, 2.05) is 18.2 Å². The summed E-state index contributed by atoms with van der Waals surface area (Å²) >= 11 is 0. The van der Waals surface area contributed by atoms with Gasteiger partial charge in [-0.05, 0) is 12.0 Å². The second-order valence-corrected chi connectivity index (χ2v) is 3.54. The molecular weight excluding hydrogens is 174 g/mol. The first-order valence-electron chi connectivity index (χ1n) is 5.12. The molecule has 2 rings (SSSR count). The molecule has 0 fully saturated rings. The van der Waals surface area contributed by atoms with Gasteiger partial charge in [0.15, 0.2) is 5.90 Å². The summed E-state index contributed by atoms with van der Waals surface area (Å²) in [6.07, 6.45) is 2.19. The molecule has 1 aliphatic heterocycles. The summed E-state index contributed by atoms with van der Waals surface area (Å²) in [6, 6.07) is 10.3. The minimum atomic E-state index is 0.314. The van der Waals surface area contributed by atoms with Crippen LogP contribution in [-0.4, -0.2) is 18.5 Å². The lowest BCUT2D eigenvalue weighted by Crippen LogP contribution is -2.12. The molecule has 1 aromatic rings. The Labute approximate surface area is 84.6 Å². The van der Waals surface area contributed by atoms with Crippen LogP contribution in [-0.2, 0) is 11.2 Å². The summed E-state index contributed by atoms with van der Waals surface area (Å²) in [7, 11) is 0. The van der Waals surface area contributed by atoms with Crippen molar-refractivity contribution in [2.24, 2.45) is 4.99 Å². The van der Waals surface area contributed by atoms with Gasteiger partial charge in [-0.3, -0.25) is 4.99 Å². The molecule has 0 aromatic heterocycles. The highest BCUT2D eigenvalue weighted by molar-refractivity contribution is 5.80. The second kappa shape index (κ2) is 4.27. The van der Waals surface area contributed by atoms with Crippen LogP contribution in [0.15, 0.2) is 35.3 Å². The smallest absolute Gasteiger partial charge is 0.188 e. The predicted molar refractivity (Wildman–Crippen MR) is 57.6 cm³/mol. The molecule has 1 aromatic carbocycles. The molecule has 14 heavy (non-hydrogen) atoms. The lowest BCUT2D eigenvalue weighted by atomic mass is 10.1. The van der Waals surface area contributed by atoms with Gasteiger partial charge in [0, 0.05) is 6.42 Å². The maximum absolute atomic E-state index is 5.66. The van der Waals surface area contributed by atoms with E-state index in [0.29, 0.717) is 6.10 Å². The van der Waals surface area contributed by atoms with Crippen molar-refractivity contribution in [1.29, 1.82) is 0 Å². The van der Waals surface area contributed by atoms with Crippen molar-refractivity contribution in [3.05, 3.63) is 35.9 Å². The van der Waals surface area contributed by atoms with E-state index in [1.165, 1.54) is 5.56 Å². The molecule has 1 unspecified atom stereocenters. The number of rotatable bonds is 3. The molecule has 0 amide bonds. The molecule has 0 aliphatic carbocycles. The predicted octanol–water partition coefficient (Wildman–Crippen LogP) is 2.44. The molecule has 0 saturated heterocycles. The van der Waals surface area contributed by atoms with Gasteiger partial charge in [-0.15, -0.1) is 0 Å². The van der Waals surface area contributed by atoms with E-state index in [1.54, 1.807) is 0 Å². The fraction of sp³-hybridized carbons (Fsp3) is 0.417. The van der Waals surface area contributed by atoms with Gasteiger partial charge in [0.05, 0.1) is 6.54 Å². The minimum absolute atomic E-state index is 0.314. The molecule has 2 nitrogen and oxygen atoms in total. The zero-order valence-electron chi connectivity index (χ0n) is 8.44. The van der Waals surface area contributed by atoms with Crippen LogP contribution >= 0.6 is 0 Å². The van der Waals surface area contributed by atoms with E-state index in [-0.39, 0.29) is 0 Å². The molecule has 0 spiro atoms. The summed E-state index contributed by atoms with van der Waals surface area (Å²) in [5.41, 5.74) is 1.27. The standard InChI is InChI=1S/C12H15NO/c1-2-11-9-13-12(14-11)8-10-6-4-3-5-7-10/h3-7,11H,2,8-9H2,1H3. The van der Waals surface area contributed by atoms with Crippen molar-refractivity contribution in [3.8, 4) is 0 Å². The Hall–Kier alpha value is -1.31. The largest absolute Gasteiger partial charge is 0.475 e. The molecule has 0 N–H and O–H groups in total. The molecule has 0 bridgehead atoms. The topological polar surface area (TPSA) is 21.6 Å². The molecule has 2 heteroatoms. The fourth-order valence-corrected chi connectivity index (χ4v) is 1.55. The van der Waals surface area contributed by atoms with Gasteiger partial charge in [-0.1, -0.05) is 37.3 Å². The van der Waals surface area contributed by atoms with Gasteiger partial charge < -0.3 is 4.74 Å². The van der Waals surface area contributed by atoms with Crippen LogP contribution < -0.4 is 0 Å². The maximum atomic E-state index is 5.66. The lowest BCUT2D eigenvalue weighted by molar-refractivity contribution is 0.215. The zero-order valence-corrected chi connectivity index (χ0v) is 8.44. The quantitative estimate of drug-likeness (QED) is 0.715. The Balaban J connectivity index is 1.94. The first-order valence-corrected chi connectivity index (χ1v) is 5.12. The van der Waals surface area contributed by atoms with Gasteiger partial charge >= 0.3 is 0 Å². The van der Waals surface area contributed by atoms with E-state index < -0.39 is 0 Å². The van der Waals surface area contributed by atoms with E-state index in [9.17, 15) is 0 Å². The van der Waals surface area contributed by atoms with Crippen molar-refractivity contribution in [2.45, 2.75) is 25.9 Å². The van der Waals surface area contributed by atoms with E-state index in [2.05, 4.69) is 24.0 Å². The van der Waals surface area contributed by atoms with Crippen LogP contribution in [0.5, 0.6) is 0 Å². The van der Waals surface area contributed by atoms with Crippen molar-refractivity contribution in [2.75, 3.05) is 6.54 Å². The third-order valence-corrected chi connectivity index (χ3v) is 2.43. The molecule has 0 radical (unpaired) electrons. The van der Waals surface area contributed by atoms with Crippen LogP contribution in [0.4, 0.5) is 0 Å². The highest BCUT2D eigenvalue weighted by Crippen LogP contribution is 2.11. The number of aliphatic imine (C=N–C) groups is 1. The van der Waals surface area contributed by atoms with Crippen LogP contribution in [0.2, 0.25) is 0 Å². The van der Waals surface area contributed by atoms with Gasteiger partial charge in [0.25, 0.3) is 0 Å². The third-order valence-electron chi connectivity index (χ3n) is 2.43. The molecule has 0 saturated carbocycles. The fourth-order valence-electron chi connectivity index (χ4n) is 1.55. The Morgan fingerprint density at radius 2 is 2.14 bits per heavy atom. The second-order valence-electron chi connectivity index (χ2n) is 3.54. The van der Waals surface area contributed by atoms with E-state index >= 15 is 0 Å². The monoisotopic (exact) mass is 189 g/mol. The van der Waals surface area contributed by atoms with E-state index in [4.69, 9.17) is 4.74 Å². The number of ether oxygens (including phenoxy) is 1. The van der Waals surface area contributed by atoms with Crippen molar-refractivity contribution in [1.82, 2.24) is 0 Å². The van der Waals surface area contributed by atoms with E-state index in [0.717, 1.165) is 25.3 Å². The zero-order chi connectivity index (χ0) is 9.80. The molecular formula is C12H15NO. The summed E-state index contributed by atoms with van der Waals surface area (Å²) < 4.78 is 5.66. The molecule has 1 heterocycles. The molecule has 1 atom stereocenters.